The summed E-state index contributed by atoms with van der Waals surface area (Å²) in [6, 6.07) is 0. The zero-order valence-electron chi connectivity index (χ0n) is 7.43. The van der Waals surface area contributed by atoms with E-state index in [1.807, 2.05) is 5.43 Å². The topological polar surface area (TPSA) is 116 Å². The summed E-state index contributed by atoms with van der Waals surface area (Å²) in [6.07, 6.45) is 3.03. The Hall–Kier alpha value is -1.89. The lowest BCUT2D eigenvalue weighted by Crippen LogP contribution is -2.30. The Kier molecular flexibility index (Phi) is 3.19. The molecule has 0 aliphatic carbocycles. The molecule has 1 rings (SSSR count). The van der Waals surface area contributed by atoms with Crippen LogP contribution < -0.4 is 17.0 Å². The van der Waals surface area contributed by atoms with Gasteiger partial charge >= 0.3 is 0 Å². The number of amides is 2. The highest BCUT2D eigenvalue weighted by molar-refractivity contribution is 5.92. The van der Waals surface area contributed by atoms with Crippen molar-refractivity contribution in [3.8, 4) is 0 Å². The summed E-state index contributed by atoms with van der Waals surface area (Å²) in [7, 11) is 0. The number of rotatable bonds is 4. The van der Waals surface area contributed by atoms with Crippen LogP contribution in [-0.4, -0.2) is 21.6 Å². The second-order valence-corrected chi connectivity index (χ2v) is 2.67. The van der Waals surface area contributed by atoms with Gasteiger partial charge in [0.1, 0.15) is 0 Å². The molecule has 1 aromatic heterocycles. The van der Waals surface area contributed by atoms with Crippen LogP contribution in [0.25, 0.3) is 0 Å². The summed E-state index contributed by atoms with van der Waals surface area (Å²) in [4.78, 5) is 21.4. The van der Waals surface area contributed by atoms with Crippen LogP contribution in [0.1, 0.15) is 16.8 Å². The van der Waals surface area contributed by atoms with Gasteiger partial charge in [-0.05, 0) is 0 Å². The highest BCUT2D eigenvalue weighted by Crippen LogP contribution is 1.97. The molecule has 0 saturated heterocycles. The minimum atomic E-state index is -0.542. The molecule has 0 aliphatic rings. The maximum atomic E-state index is 10.8. The van der Waals surface area contributed by atoms with Crippen LogP contribution in [0.15, 0.2) is 12.4 Å². The highest BCUT2D eigenvalue weighted by Gasteiger charge is 2.04. The average molecular weight is 197 g/mol. The van der Waals surface area contributed by atoms with Crippen LogP contribution in [0.2, 0.25) is 0 Å². The van der Waals surface area contributed by atoms with Crippen molar-refractivity contribution >= 4 is 11.8 Å². The number of aryl methyl sites for hydroxylation is 1. The van der Waals surface area contributed by atoms with Crippen molar-refractivity contribution < 1.29 is 9.59 Å². The summed E-state index contributed by atoms with van der Waals surface area (Å²) < 4.78 is 1.45. The molecular formula is C7H11N5O2. The van der Waals surface area contributed by atoms with Gasteiger partial charge in [0.2, 0.25) is 5.91 Å². The molecule has 0 saturated carbocycles. The second kappa shape index (κ2) is 4.38. The summed E-state index contributed by atoms with van der Waals surface area (Å²) >= 11 is 0. The van der Waals surface area contributed by atoms with Gasteiger partial charge in [0, 0.05) is 19.2 Å². The number of aromatic nitrogens is 2. The quantitative estimate of drug-likeness (QED) is 0.305. The van der Waals surface area contributed by atoms with Gasteiger partial charge < -0.3 is 5.73 Å². The van der Waals surface area contributed by atoms with Gasteiger partial charge in [0.25, 0.3) is 5.91 Å². The first-order chi connectivity index (χ1) is 6.63. The van der Waals surface area contributed by atoms with Gasteiger partial charge in [0.15, 0.2) is 0 Å². The Morgan fingerprint density at radius 3 is 2.79 bits per heavy atom. The Morgan fingerprint density at radius 1 is 1.57 bits per heavy atom. The normalized spacial score (nSPS) is 9.79. The highest BCUT2D eigenvalue weighted by atomic mass is 16.2. The summed E-state index contributed by atoms with van der Waals surface area (Å²) in [6.45, 7) is 0.357. The average Bonchev–Trinajstić information content (AvgIpc) is 2.62. The van der Waals surface area contributed by atoms with Gasteiger partial charge in [-0.2, -0.15) is 5.10 Å². The largest absolute Gasteiger partial charge is 0.366 e. The number of carbonyl (C=O) groups is 2. The van der Waals surface area contributed by atoms with E-state index in [0.29, 0.717) is 12.1 Å². The third-order valence-corrected chi connectivity index (χ3v) is 1.65. The van der Waals surface area contributed by atoms with E-state index in [1.54, 1.807) is 0 Å². The fraction of sp³-hybridized carbons (Fsp3) is 0.286. The second-order valence-electron chi connectivity index (χ2n) is 2.67. The summed E-state index contributed by atoms with van der Waals surface area (Å²) in [5.41, 5.74) is 7.33. The fourth-order valence-corrected chi connectivity index (χ4v) is 0.901. The maximum Gasteiger partial charge on any atom is 0.251 e. The van der Waals surface area contributed by atoms with Crippen LogP contribution in [-0.2, 0) is 11.3 Å². The number of nitrogens with one attached hydrogen (secondary N) is 1. The van der Waals surface area contributed by atoms with Crippen LogP contribution in [0.3, 0.4) is 0 Å². The van der Waals surface area contributed by atoms with E-state index >= 15 is 0 Å². The van der Waals surface area contributed by atoms with Gasteiger partial charge in [-0.1, -0.05) is 0 Å². The van der Waals surface area contributed by atoms with E-state index in [0.717, 1.165) is 0 Å². The molecule has 2 amide bonds. The Bertz CT molecular complexity index is 346. The lowest BCUT2D eigenvalue weighted by Gasteiger charge is -1.99. The first-order valence-corrected chi connectivity index (χ1v) is 3.95. The number of hydrogen-bond donors (Lipinski definition) is 3. The van der Waals surface area contributed by atoms with Gasteiger partial charge in [-0.15, -0.1) is 0 Å². The molecule has 0 radical (unpaired) electrons. The fourth-order valence-electron chi connectivity index (χ4n) is 0.901. The lowest BCUT2D eigenvalue weighted by molar-refractivity contribution is -0.121. The van der Waals surface area contributed by atoms with E-state index in [1.165, 1.54) is 17.1 Å². The predicted molar refractivity (Wildman–Crippen MR) is 47.7 cm³/mol. The standard InChI is InChI=1S/C7H11N5O2/c8-7(14)5-3-10-12(4-5)2-1-6(13)11-9/h3-4H,1-2,9H2,(H2,8,14)(H,11,13). The van der Waals surface area contributed by atoms with Crippen molar-refractivity contribution in [2.24, 2.45) is 11.6 Å². The van der Waals surface area contributed by atoms with Gasteiger partial charge in [0.05, 0.1) is 11.8 Å². The molecule has 0 fully saturated rings. The number of hydrogen-bond acceptors (Lipinski definition) is 4. The van der Waals surface area contributed by atoms with E-state index in [4.69, 9.17) is 11.6 Å². The van der Waals surface area contributed by atoms with Crippen molar-refractivity contribution in [3.63, 3.8) is 0 Å². The molecule has 0 spiro atoms. The van der Waals surface area contributed by atoms with Crippen molar-refractivity contribution in [1.29, 1.82) is 0 Å². The third-order valence-electron chi connectivity index (χ3n) is 1.65. The Labute approximate surface area is 80.0 Å². The molecule has 0 aliphatic heterocycles. The monoisotopic (exact) mass is 197 g/mol. The molecule has 1 aromatic rings. The smallest absolute Gasteiger partial charge is 0.251 e. The van der Waals surface area contributed by atoms with E-state index < -0.39 is 5.91 Å². The molecule has 0 bridgehead atoms. The van der Waals surface area contributed by atoms with Crippen molar-refractivity contribution in [2.75, 3.05) is 0 Å². The molecule has 0 aromatic carbocycles. The van der Waals surface area contributed by atoms with Crippen LogP contribution in [0.5, 0.6) is 0 Å². The minimum Gasteiger partial charge on any atom is -0.366 e. The van der Waals surface area contributed by atoms with E-state index in [2.05, 4.69) is 5.10 Å². The lowest BCUT2D eigenvalue weighted by atomic mass is 10.3. The molecule has 0 atom stereocenters. The van der Waals surface area contributed by atoms with E-state index in [9.17, 15) is 9.59 Å². The van der Waals surface area contributed by atoms with Gasteiger partial charge in [-0.3, -0.25) is 19.7 Å². The number of hydrazine groups is 1. The zero-order chi connectivity index (χ0) is 10.6. The van der Waals surface area contributed by atoms with Crippen LogP contribution in [0, 0.1) is 0 Å². The molecule has 5 N–H and O–H groups in total. The first-order valence-electron chi connectivity index (χ1n) is 3.95. The zero-order valence-corrected chi connectivity index (χ0v) is 7.43. The first kappa shape index (κ1) is 10.2. The third kappa shape index (κ3) is 2.56. The molecule has 0 unspecified atom stereocenters. The molecule has 7 nitrogen and oxygen atoms in total. The minimum absolute atomic E-state index is 0.205. The van der Waals surface area contributed by atoms with Gasteiger partial charge in [-0.25, -0.2) is 5.84 Å². The summed E-state index contributed by atoms with van der Waals surface area (Å²) in [5, 5.41) is 3.84. The molecule has 1 heterocycles. The van der Waals surface area contributed by atoms with E-state index in [-0.39, 0.29) is 12.3 Å². The Balaban J connectivity index is 2.52. The number of nitrogens with two attached hydrogens (primary N) is 2. The molecule has 76 valence electrons. The predicted octanol–water partition coefficient (Wildman–Crippen LogP) is -1.64. The summed E-state index contributed by atoms with van der Waals surface area (Å²) in [5.74, 6) is 4.05. The molecular weight excluding hydrogens is 186 g/mol. The van der Waals surface area contributed by atoms with Crippen molar-refractivity contribution in [2.45, 2.75) is 13.0 Å². The van der Waals surface area contributed by atoms with Crippen molar-refractivity contribution in [1.82, 2.24) is 15.2 Å². The molecule has 14 heavy (non-hydrogen) atoms. The van der Waals surface area contributed by atoms with Crippen LogP contribution >= 0.6 is 0 Å². The van der Waals surface area contributed by atoms with Crippen LogP contribution in [0.4, 0.5) is 0 Å². The number of primary amides is 1. The SMILES string of the molecule is NNC(=O)CCn1cc(C(N)=O)cn1. The molecule has 7 heteroatoms. The maximum absolute atomic E-state index is 10.8. The number of nitrogens with zero attached hydrogens (tertiary/aromatic N) is 2. The number of carbonyl (C=O) groups excluding carboxylic acids is 2. The Morgan fingerprint density at radius 2 is 2.29 bits per heavy atom. The van der Waals surface area contributed by atoms with Crippen molar-refractivity contribution in [3.05, 3.63) is 18.0 Å².